The van der Waals surface area contributed by atoms with Crippen molar-refractivity contribution < 1.29 is 9.84 Å². The number of thiophene rings is 1. The zero-order valence-electron chi connectivity index (χ0n) is 17.2. The maximum atomic E-state index is 12.6. The van der Waals surface area contributed by atoms with Crippen LogP contribution in [0.1, 0.15) is 29.5 Å². The largest absolute Gasteiger partial charge is 0.456 e. The third-order valence-corrected chi connectivity index (χ3v) is 6.81. The molecule has 2 aromatic heterocycles. The van der Waals surface area contributed by atoms with Gasteiger partial charge in [-0.1, -0.05) is 23.8 Å². The molecule has 0 bridgehead atoms. The third-order valence-electron chi connectivity index (χ3n) is 5.86. The minimum atomic E-state index is -0.748. The Balaban J connectivity index is 1.72. The highest BCUT2D eigenvalue weighted by molar-refractivity contribution is 7.17. The number of ether oxygens (including phenoxy) is 1. The average Bonchev–Trinajstić information content (AvgIpc) is 3.28. The summed E-state index contributed by atoms with van der Waals surface area (Å²) < 4.78 is 8.92. The van der Waals surface area contributed by atoms with Crippen molar-refractivity contribution in [1.29, 1.82) is 0 Å². The standard InChI is InChI=1S/C25H23NO3S/c1-15-4-6-21(16(2)12-15)29-22-7-5-17(25(28)9-10-25)13-19(22)20-14-26(3)24(27)18-8-11-30-23(18)20/h4-8,11-14,28H,9-10H2,1-3H3. The van der Waals surface area contributed by atoms with Crippen molar-refractivity contribution in [2.75, 3.05) is 0 Å². The normalized spacial score (nSPS) is 14.8. The van der Waals surface area contributed by atoms with Crippen LogP contribution in [0.4, 0.5) is 0 Å². The molecule has 2 heterocycles. The molecule has 1 N–H and O–H groups in total. The monoisotopic (exact) mass is 417 g/mol. The fourth-order valence-corrected chi connectivity index (χ4v) is 4.85. The van der Waals surface area contributed by atoms with Gasteiger partial charge in [0.25, 0.3) is 5.56 Å². The molecule has 1 fully saturated rings. The molecule has 2 aromatic carbocycles. The molecule has 30 heavy (non-hydrogen) atoms. The van der Waals surface area contributed by atoms with Crippen LogP contribution in [0.3, 0.4) is 0 Å². The van der Waals surface area contributed by atoms with E-state index in [2.05, 4.69) is 13.0 Å². The van der Waals surface area contributed by atoms with E-state index in [-0.39, 0.29) is 5.56 Å². The number of benzene rings is 2. The van der Waals surface area contributed by atoms with Gasteiger partial charge in [0.15, 0.2) is 0 Å². The van der Waals surface area contributed by atoms with Crippen LogP contribution < -0.4 is 10.3 Å². The van der Waals surface area contributed by atoms with E-state index >= 15 is 0 Å². The number of aryl methyl sites for hydroxylation is 3. The van der Waals surface area contributed by atoms with Crippen LogP contribution in [-0.4, -0.2) is 9.67 Å². The zero-order chi connectivity index (χ0) is 21.0. The third kappa shape index (κ3) is 3.15. The lowest BCUT2D eigenvalue weighted by Gasteiger charge is -2.17. The molecule has 0 spiro atoms. The Hall–Kier alpha value is -2.89. The van der Waals surface area contributed by atoms with E-state index in [1.807, 2.05) is 54.9 Å². The molecule has 0 amide bonds. The SMILES string of the molecule is Cc1ccc(Oc2ccc(C3(O)CC3)cc2-c2cn(C)c(=O)c3ccsc23)c(C)c1. The van der Waals surface area contributed by atoms with Crippen LogP contribution in [0.25, 0.3) is 21.2 Å². The molecule has 4 nitrogen and oxygen atoms in total. The van der Waals surface area contributed by atoms with E-state index in [1.54, 1.807) is 23.0 Å². The summed E-state index contributed by atoms with van der Waals surface area (Å²) in [5, 5.41) is 13.4. The van der Waals surface area contributed by atoms with Crippen LogP contribution in [-0.2, 0) is 12.6 Å². The molecule has 5 rings (SSSR count). The van der Waals surface area contributed by atoms with Crippen molar-refractivity contribution in [1.82, 2.24) is 4.57 Å². The summed E-state index contributed by atoms with van der Waals surface area (Å²) in [4.78, 5) is 12.6. The molecule has 1 saturated carbocycles. The van der Waals surface area contributed by atoms with Gasteiger partial charge in [0, 0.05) is 29.1 Å². The number of pyridine rings is 1. The van der Waals surface area contributed by atoms with Gasteiger partial charge in [-0.15, -0.1) is 11.3 Å². The molecule has 0 atom stereocenters. The number of aromatic nitrogens is 1. The van der Waals surface area contributed by atoms with Gasteiger partial charge in [0.05, 0.1) is 11.0 Å². The number of rotatable bonds is 4. The van der Waals surface area contributed by atoms with E-state index in [1.165, 1.54) is 5.56 Å². The summed E-state index contributed by atoms with van der Waals surface area (Å²) in [5.41, 5.74) is 4.21. The Kier molecular flexibility index (Phi) is 4.34. The Morgan fingerprint density at radius 3 is 2.53 bits per heavy atom. The first kappa shape index (κ1) is 19.1. The van der Waals surface area contributed by atoms with Gasteiger partial charge in [0.1, 0.15) is 11.5 Å². The summed E-state index contributed by atoms with van der Waals surface area (Å²) >= 11 is 1.55. The number of fused-ring (bicyclic) bond motifs is 1. The Labute approximate surface area is 179 Å². The van der Waals surface area contributed by atoms with Crippen LogP contribution >= 0.6 is 11.3 Å². The quantitative estimate of drug-likeness (QED) is 0.466. The van der Waals surface area contributed by atoms with Crippen molar-refractivity contribution in [3.05, 3.63) is 81.1 Å². The highest BCUT2D eigenvalue weighted by atomic mass is 32.1. The minimum absolute atomic E-state index is 0.0103. The molecule has 0 aliphatic heterocycles. The number of hydrogen-bond donors (Lipinski definition) is 1. The number of nitrogens with zero attached hydrogens (tertiary/aromatic N) is 1. The predicted octanol–water partition coefficient (Wildman–Crippen LogP) is 5.66. The van der Waals surface area contributed by atoms with Crippen LogP contribution in [0.5, 0.6) is 11.5 Å². The molecule has 152 valence electrons. The summed E-state index contributed by atoms with van der Waals surface area (Å²) in [5.74, 6) is 1.51. The first-order valence-electron chi connectivity index (χ1n) is 10.0. The lowest BCUT2D eigenvalue weighted by molar-refractivity contribution is 0.151. The highest BCUT2D eigenvalue weighted by Crippen LogP contribution is 2.48. The van der Waals surface area contributed by atoms with Gasteiger partial charge in [-0.3, -0.25) is 4.79 Å². The lowest BCUT2D eigenvalue weighted by atomic mass is 9.98. The molecule has 1 aliphatic carbocycles. The second kappa shape index (κ2) is 6.83. The van der Waals surface area contributed by atoms with Crippen molar-refractivity contribution in [3.8, 4) is 22.6 Å². The summed E-state index contributed by atoms with van der Waals surface area (Å²) in [6.07, 6.45) is 3.41. The van der Waals surface area contributed by atoms with Crippen LogP contribution in [0.15, 0.2) is 58.8 Å². The Morgan fingerprint density at radius 1 is 1.03 bits per heavy atom. The van der Waals surface area contributed by atoms with E-state index < -0.39 is 5.60 Å². The number of hydrogen-bond acceptors (Lipinski definition) is 4. The second-order valence-corrected chi connectivity index (χ2v) is 9.15. The van der Waals surface area contributed by atoms with Gasteiger partial charge in [-0.25, -0.2) is 0 Å². The van der Waals surface area contributed by atoms with E-state index in [0.717, 1.165) is 45.5 Å². The Morgan fingerprint density at radius 2 is 1.80 bits per heavy atom. The van der Waals surface area contributed by atoms with Crippen molar-refractivity contribution in [3.63, 3.8) is 0 Å². The molecule has 0 unspecified atom stereocenters. The summed E-state index contributed by atoms with van der Waals surface area (Å²) in [6.45, 7) is 4.10. The van der Waals surface area contributed by atoms with Crippen molar-refractivity contribution >= 4 is 21.4 Å². The first-order chi connectivity index (χ1) is 14.4. The maximum Gasteiger partial charge on any atom is 0.259 e. The molecule has 0 radical (unpaired) electrons. The fourth-order valence-electron chi connectivity index (χ4n) is 3.94. The first-order valence-corrected chi connectivity index (χ1v) is 10.9. The molecule has 4 aromatic rings. The van der Waals surface area contributed by atoms with Gasteiger partial charge in [-0.05, 0) is 67.5 Å². The molecule has 0 saturated heterocycles. The van der Waals surface area contributed by atoms with Gasteiger partial charge < -0.3 is 14.4 Å². The van der Waals surface area contributed by atoms with Gasteiger partial charge in [0.2, 0.25) is 0 Å². The van der Waals surface area contributed by atoms with Gasteiger partial charge >= 0.3 is 0 Å². The van der Waals surface area contributed by atoms with Crippen LogP contribution in [0, 0.1) is 13.8 Å². The molecule has 1 aliphatic rings. The Bertz CT molecular complexity index is 1340. The van der Waals surface area contributed by atoms with E-state index in [0.29, 0.717) is 11.1 Å². The lowest BCUT2D eigenvalue weighted by Crippen LogP contribution is -2.15. The predicted molar refractivity (Wildman–Crippen MR) is 122 cm³/mol. The summed E-state index contributed by atoms with van der Waals surface area (Å²) in [6, 6.07) is 13.9. The van der Waals surface area contributed by atoms with Crippen molar-refractivity contribution in [2.24, 2.45) is 7.05 Å². The average molecular weight is 418 g/mol. The maximum absolute atomic E-state index is 12.6. The fraction of sp³-hybridized carbons (Fsp3) is 0.240. The van der Waals surface area contributed by atoms with E-state index in [4.69, 9.17) is 4.74 Å². The molecular weight excluding hydrogens is 394 g/mol. The molecular formula is C25H23NO3S. The second-order valence-electron chi connectivity index (χ2n) is 8.24. The van der Waals surface area contributed by atoms with E-state index in [9.17, 15) is 9.90 Å². The smallest absolute Gasteiger partial charge is 0.259 e. The topological polar surface area (TPSA) is 51.5 Å². The minimum Gasteiger partial charge on any atom is -0.456 e. The summed E-state index contributed by atoms with van der Waals surface area (Å²) in [7, 11) is 1.77. The van der Waals surface area contributed by atoms with Crippen LogP contribution in [0.2, 0.25) is 0 Å². The zero-order valence-corrected chi connectivity index (χ0v) is 18.0. The number of aliphatic hydroxyl groups is 1. The highest BCUT2D eigenvalue weighted by Gasteiger charge is 2.42. The molecule has 5 heteroatoms. The van der Waals surface area contributed by atoms with Gasteiger partial charge in [-0.2, -0.15) is 0 Å². The van der Waals surface area contributed by atoms with Crippen molar-refractivity contribution in [2.45, 2.75) is 32.3 Å².